The van der Waals surface area contributed by atoms with E-state index in [9.17, 15) is 9.90 Å². The Morgan fingerprint density at radius 2 is 2.00 bits per heavy atom. The second-order valence-electron chi connectivity index (χ2n) is 3.51. The van der Waals surface area contributed by atoms with Crippen LogP contribution in [0.25, 0.3) is 0 Å². The second-order valence-corrected chi connectivity index (χ2v) is 3.51. The number of aliphatic hydroxyl groups is 1. The van der Waals surface area contributed by atoms with Crippen LogP contribution >= 0.6 is 0 Å². The Morgan fingerprint density at radius 3 is 2.50 bits per heavy atom. The molecular formula is C13H16N2O3. The Labute approximate surface area is 106 Å². The van der Waals surface area contributed by atoms with Gasteiger partial charge in [-0.15, -0.1) is 0 Å². The van der Waals surface area contributed by atoms with E-state index in [-0.39, 0.29) is 23.8 Å². The lowest BCUT2D eigenvalue weighted by Gasteiger charge is -2.07. The first-order chi connectivity index (χ1) is 8.56. The Kier molecular flexibility index (Phi) is 4.92. The highest BCUT2D eigenvalue weighted by atomic mass is 16.5. The van der Waals surface area contributed by atoms with Gasteiger partial charge in [0.15, 0.2) is 0 Å². The average Bonchev–Trinajstić information content (AvgIpc) is 2.30. The zero-order valence-corrected chi connectivity index (χ0v) is 10.4. The number of hydrogen-bond donors (Lipinski definition) is 2. The summed E-state index contributed by atoms with van der Waals surface area (Å²) < 4.78 is 4.81. The lowest BCUT2D eigenvalue weighted by atomic mass is 10.2. The highest BCUT2D eigenvalue weighted by Crippen LogP contribution is 2.13. The number of hydrogen-bond acceptors (Lipinski definition) is 4. The number of rotatable bonds is 4. The second kappa shape index (κ2) is 6.44. The van der Waals surface area contributed by atoms with Crippen LogP contribution in [0, 0.1) is 0 Å². The summed E-state index contributed by atoms with van der Waals surface area (Å²) in [5.41, 5.74) is 6.20. The largest absolute Gasteiger partial charge is 0.512 e. The van der Waals surface area contributed by atoms with Gasteiger partial charge in [-0.25, -0.2) is 9.79 Å². The topological polar surface area (TPSA) is 84.9 Å². The van der Waals surface area contributed by atoms with Crippen LogP contribution in [-0.2, 0) is 9.53 Å². The SMILES string of the molecule is CCOC(=O)/C(C(N)=Nc1ccccc1)=C(\C)O. The molecule has 0 fully saturated rings. The van der Waals surface area contributed by atoms with Crippen LogP contribution in [0.1, 0.15) is 13.8 Å². The zero-order valence-electron chi connectivity index (χ0n) is 10.4. The highest BCUT2D eigenvalue weighted by molar-refractivity contribution is 6.19. The maximum absolute atomic E-state index is 11.6. The van der Waals surface area contributed by atoms with Crippen molar-refractivity contribution >= 4 is 17.5 Å². The minimum atomic E-state index is -0.685. The lowest BCUT2D eigenvalue weighted by molar-refractivity contribution is -0.138. The smallest absolute Gasteiger partial charge is 0.345 e. The molecule has 0 saturated carbocycles. The van der Waals surface area contributed by atoms with Crippen LogP contribution in [-0.4, -0.2) is 23.5 Å². The molecule has 0 unspecified atom stereocenters. The Morgan fingerprint density at radius 1 is 1.39 bits per heavy atom. The molecule has 0 radical (unpaired) electrons. The molecule has 0 aliphatic heterocycles. The molecule has 0 spiro atoms. The van der Waals surface area contributed by atoms with Gasteiger partial charge >= 0.3 is 5.97 Å². The van der Waals surface area contributed by atoms with Gasteiger partial charge in [-0.3, -0.25) is 0 Å². The maximum atomic E-state index is 11.6. The van der Waals surface area contributed by atoms with Crippen molar-refractivity contribution in [3.05, 3.63) is 41.7 Å². The molecule has 0 atom stereocenters. The number of ether oxygens (including phenoxy) is 1. The van der Waals surface area contributed by atoms with Crippen molar-refractivity contribution in [1.82, 2.24) is 0 Å². The monoisotopic (exact) mass is 248 g/mol. The van der Waals surface area contributed by atoms with Gasteiger partial charge in [-0.1, -0.05) is 18.2 Å². The Bertz CT molecular complexity index is 474. The summed E-state index contributed by atoms with van der Waals surface area (Å²) in [5, 5.41) is 9.48. The summed E-state index contributed by atoms with van der Waals surface area (Å²) in [6, 6.07) is 8.91. The van der Waals surface area contributed by atoms with E-state index in [1.807, 2.05) is 6.07 Å². The molecule has 0 amide bonds. The van der Waals surface area contributed by atoms with Crippen LogP contribution in [0.2, 0.25) is 0 Å². The number of benzene rings is 1. The molecular weight excluding hydrogens is 232 g/mol. The van der Waals surface area contributed by atoms with E-state index in [4.69, 9.17) is 10.5 Å². The number of carbonyl (C=O) groups excluding carboxylic acids is 1. The van der Waals surface area contributed by atoms with Crippen LogP contribution in [0.15, 0.2) is 46.7 Å². The minimum Gasteiger partial charge on any atom is -0.512 e. The van der Waals surface area contributed by atoms with Crippen LogP contribution in [0.4, 0.5) is 5.69 Å². The first kappa shape index (κ1) is 13.8. The minimum absolute atomic E-state index is 0.0698. The number of nitrogens with zero attached hydrogens (tertiary/aromatic N) is 1. The molecule has 0 aliphatic rings. The number of esters is 1. The predicted molar refractivity (Wildman–Crippen MR) is 69.7 cm³/mol. The van der Waals surface area contributed by atoms with Crippen molar-refractivity contribution in [3.8, 4) is 0 Å². The molecule has 1 aromatic rings. The van der Waals surface area contributed by atoms with Gasteiger partial charge in [0.1, 0.15) is 17.2 Å². The number of aliphatic hydroxyl groups excluding tert-OH is 1. The highest BCUT2D eigenvalue weighted by Gasteiger charge is 2.18. The number of nitrogens with two attached hydrogens (primary N) is 1. The summed E-state index contributed by atoms with van der Waals surface area (Å²) in [6.45, 7) is 3.24. The van der Waals surface area contributed by atoms with Gasteiger partial charge < -0.3 is 15.6 Å². The number of aliphatic imine (C=N–C) groups is 1. The summed E-state index contributed by atoms with van der Waals surface area (Å²) in [6.07, 6.45) is 0. The number of para-hydroxylation sites is 1. The van der Waals surface area contributed by atoms with E-state index in [1.165, 1.54) is 6.92 Å². The fourth-order valence-electron chi connectivity index (χ4n) is 1.34. The van der Waals surface area contributed by atoms with E-state index in [1.54, 1.807) is 31.2 Å². The van der Waals surface area contributed by atoms with Gasteiger partial charge in [0.05, 0.1) is 12.3 Å². The number of allylic oxidation sites excluding steroid dienone is 1. The fraction of sp³-hybridized carbons (Fsp3) is 0.231. The molecule has 0 bridgehead atoms. The molecule has 1 aromatic carbocycles. The van der Waals surface area contributed by atoms with Gasteiger partial charge in [0, 0.05) is 0 Å². The van der Waals surface area contributed by atoms with Crippen LogP contribution in [0.3, 0.4) is 0 Å². The first-order valence-corrected chi connectivity index (χ1v) is 5.52. The van der Waals surface area contributed by atoms with Gasteiger partial charge in [0.2, 0.25) is 0 Å². The van der Waals surface area contributed by atoms with E-state index in [0.717, 1.165) is 0 Å². The van der Waals surface area contributed by atoms with E-state index in [2.05, 4.69) is 4.99 Å². The lowest BCUT2D eigenvalue weighted by Crippen LogP contribution is -2.24. The van der Waals surface area contributed by atoms with Gasteiger partial charge in [0.25, 0.3) is 0 Å². The number of carbonyl (C=O) groups is 1. The molecule has 0 aliphatic carbocycles. The molecule has 0 heterocycles. The summed E-state index contributed by atoms with van der Waals surface area (Å²) in [4.78, 5) is 15.7. The van der Waals surface area contributed by atoms with Crippen LogP contribution in [0.5, 0.6) is 0 Å². The number of amidine groups is 1. The van der Waals surface area contributed by atoms with Gasteiger partial charge in [-0.2, -0.15) is 0 Å². The van der Waals surface area contributed by atoms with Gasteiger partial charge in [-0.05, 0) is 26.0 Å². The van der Waals surface area contributed by atoms with Crippen molar-refractivity contribution in [3.63, 3.8) is 0 Å². The Balaban J connectivity index is 3.06. The van der Waals surface area contributed by atoms with Crippen molar-refractivity contribution in [1.29, 1.82) is 0 Å². The third-order valence-corrected chi connectivity index (χ3v) is 2.10. The molecule has 96 valence electrons. The van der Waals surface area contributed by atoms with Crippen molar-refractivity contribution in [2.45, 2.75) is 13.8 Å². The third kappa shape index (κ3) is 3.62. The van der Waals surface area contributed by atoms with E-state index in [0.29, 0.717) is 5.69 Å². The quantitative estimate of drug-likeness (QED) is 0.281. The fourth-order valence-corrected chi connectivity index (χ4v) is 1.34. The molecule has 0 saturated heterocycles. The summed E-state index contributed by atoms with van der Waals surface area (Å²) >= 11 is 0. The standard InChI is InChI=1S/C13H16N2O3/c1-3-18-13(17)11(9(2)16)12(14)15-10-7-5-4-6-8-10/h4-8,16H,3H2,1-2H3,(H2,14,15)/b11-9+. The van der Waals surface area contributed by atoms with Crippen molar-refractivity contribution in [2.75, 3.05) is 6.61 Å². The van der Waals surface area contributed by atoms with Crippen molar-refractivity contribution in [2.24, 2.45) is 10.7 Å². The van der Waals surface area contributed by atoms with Crippen molar-refractivity contribution < 1.29 is 14.6 Å². The first-order valence-electron chi connectivity index (χ1n) is 5.52. The molecule has 5 heteroatoms. The normalized spacial score (nSPS) is 12.9. The van der Waals surface area contributed by atoms with E-state index >= 15 is 0 Å². The average molecular weight is 248 g/mol. The zero-order chi connectivity index (χ0) is 13.5. The molecule has 3 N–H and O–H groups in total. The third-order valence-electron chi connectivity index (χ3n) is 2.10. The van der Waals surface area contributed by atoms with E-state index < -0.39 is 5.97 Å². The summed E-state index contributed by atoms with van der Waals surface area (Å²) in [5.74, 6) is -0.972. The maximum Gasteiger partial charge on any atom is 0.345 e. The summed E-state index contributed by atoms with van der Waals surface area (Å²) in [7, 11) is 0. The predicted octanol–water partition coefficient (Wildman–Crippen LogP) is 2.07. The molecule has 18 heavy (non-hydrogen) atoms. The molecule has 1 rings (SSSR count). The molecule has 0 aromatic heterocycles. The molecule has 5 nitrogen and oxygen atoms in total. The Hall–Kier alpha value is -2.30. The van der Waals surface area contributed by atoms with Crippen LogP contribution < -0.4 is 5.73 Å².